The maximum Gasteiger partial charge on any atom is 0.390 e. The largest absolute Gasteiger partial charge is 0.390 e. The van der Waals surface area contributed by atoms with Gasteiger partial charge in [0, 0.05) is 18.7 Å². The van der Waals surface area contributed by atoms with E-state index in [9.17, 15) is 30.4 Å². The third kappa shape index (κ3) is 4.12. The van der Waals surface area contributed by atoms with Crippen molar-refractivity contribution in [2.24, 2.45) is 5.73 Å². The molecule has 0 atom stereocenters. The number of sulfonamides is 1. The number of nitrogens with one attached hydrogen (secondary N) is 1. The molecular formula is C10H11F5N2O2S. The Labute approximate surface area is 111 Å². The van der Waals surface area contributed by atoms with Crippen molar-refractivity contribution in [3.63, 3.8) is 0 Å². The highest BCUT2D eigenvalue weighted by molar-refractivity contribution is 7.89. The van der Waals surface area contributed by atoms with Gasteiger partial charge in [0.2, 0.25) is 10.0 Å². The van der Waals surface area contributed by atoms with Gasteiger partial charge in [-0.25, -0.2) is 21.9 Å². The molecule has 0 saturated heterocycles. The van der Waals surface area contributed by atoms with Crippen molar-refractivity contribution >= 4 is 10.0 Å². The maximum absolute atomic E-state index is 13.7. The summed E-state index contributed by atoms with van der Waals surface area (Å²) in [7, 11) is -4.51. The zero-order valence-electron chi connectivity index (χ0n) is 9.97. The predicted molar refractivity (Wildman–Crippen MR) is 60.1 cm³/mol. The van der Waals surface area contributed by atoms with Gasteiger partial charge in [-0.3, -0.25) is 0 Å². The second-order valence-corrected chi connectivity index (χ2v) is 5.54. The van der Waals surface area contributed by atoms with E-state index in [0.29, 0.717) is 12.1 Å². The van der Waals surface area contributed by atoms with Gasteiger partial charge in [0.1, 0.15) is 10.7 Å². The Morgan fingerprint density at radius 1 is 1.20 bits per heavy atom. The third-order valence-corrected chi connectivity index (χ3v) is 3.82. The van der Waals surface area contributed by atoms with Crippen molar-refractivity contribution in [2.75, 3.05) is 6.54 Å². The first-order chi connectivity index (χ1) is 9.08. The van der Waals surface area contributed by atoms with Crippen LogP contribution in [0.15, 0.2) is 17.0 Å². The minimum atomic E-state index is -4.55. The van der Waals surface area contributed by atoms with Crippen LogP contribution in [0.3, 0.4) is 0 Å². The Morgan fingerprint density at radius 2 is 1.80 bits per heavy atom. The van der Waals surface area contributed by atoms with E-state index in [1.54, 1.807) is 4.72 Å². The molecule has 4 nitrogen and oxygen atoms in total. The van der Waals surface area contributed by atoms with Crippen LogP contribution in [0.5, 0.6) is 0 Å². The fourth-order valence-electron chi connectivity index (χ4n) is 1.38. The van der Waals surface area contributed by atoms with Crippen molar-refractivity contribution < 1.29 is 30.4 Å². The van der Waals surface area contributed by atoms with E-state index in [0.717, 1.165) is 0 Å². The van der Waals surface area contributed by atoms with Gasteiger partial charge in [0.15, 0.2) is 5.82 Å². The smallest absolute Gasteiger partial charge is 0.326 e. The first kappa shape index (κ1) is 16.8. The summed E-state index contributed by atoms with van der Waals surface area (Å²) in [5.74, 6) is -2.44. The molecule has 1 aromatic carbocycles. The predicted octanol–water partition coefficient (Wildman–Crippen LogP) is 1.65. The number of nitrogens with two attached hydrogens (primary N) is 1. The van der Waals surface area contributed by atoms with Crippen LogP contribution >= 0.6 is 0 Å². The fourth-order valence-corrected chi connectivity index (χ4v) is 2.51. The molecular weight excluding hydrogens is 307 g/mol. The summed E-state index contributed by atoms with van der Waals surface area (Å²) in [6.45, 7) is -1.52. The second-order valence-electron chi connectivity index (χ2n) is 3.81. The molecule has 0 saturated carbocycles. The highest BCUT2D eigenvalue weighted by Crippen LogP contribution is 2.22. The Hall–Kier alpha value is -1.26. The molecule has 0 radical (unpaired) electrons. The van der Waals surface area contributed by atoms with E-state index in [4.69, 9.17) is 5.73 Å². The number of hydrogen-bond acceptors (Lipinski definition) is 3. The lowest BCUT2D eigenvalue weighted by Crippen LogP contribution is -2.29. The zero-order chi connectivity index (χ0) is 15.6. The van der Waals surface area contributed by atoms with Gasteiger partial charge >= 0.3 is 6.18 Å². The Morgan fingerprint density at radius 3 is 2.30 bits per heavy atom. The van der Waals surface area contributed by atoms with E-state index < -0.39 is 57.8 Å². The van der Waals surface area contributed by atoms with Gasteiger partial charge in [-0.15, -0.1) is 0 Å². The van der Waals surface area contributed by atoms with Gasteiger partial charge in [-0.1, -0.05) is 0 Å². The molecule has 1 aromatic rings. The highest BCUT2D eigenvalue weighted by atomic mass is 32.2. The SMILES string of the molecule is NCc1c(F)ccc(S(=O)(=O)NCCC(F)(F)F)c1F. The molecule has 0 aromatic heterocycles. The molecule has 0 aliphatic rings. The molecule has 0 bridgehead atoms. The quantitative estimate of drug-likeness (QED) is 0.811. The number of rotatable bonds is 5. The van der Waals surface area contributed by atoms with Gasteiger partial charge in [-0.05, 0) is 12.1 Å². The Kier molecular flexibility index (Phi) is 5.05. The van der Waals surface area contributed by atoms with Crippen molar-refractivity contribution in [1.82, 2.24) is 4.72 Å². The van der Waals surface area contributed by atoms with Crippen molar-refractivity contribution in [3.8, 4) is 0 Å². The summed E-state index contributed by atoms with van der Waals surface area (Å²) in [4.78, 5) is -0.943. The normalized spacial score (nSPS) is 12.7. The lowest BCUT2D eigenvalue weighted by molar-refractivity contribution is -0.132. The average Bonchev–Trinajstić information content (AvgIpc) is 2.26. The van der Waals surface area contributed by atoms with E-state index >= 15 is 0 Å². The fraction of sp³-hybridized carbons (Fsp3) is 0.400. The lowest BCUT2D eigenvalue weighted by Gasteiger charge is -2.11. The first-order valence-corrected chi connectivity index (χ1v) is 6.80. The van der Waals surface area contributed by atoms with E-state index in [1.165, 1.54) is 0 Å². The van der Waals surface area contributed by atoms with Gasteiger partial charge < -0.3 is 5.73 Å². The Balaban J connectivity index is 2.99. The van der Waals surface area contributed by atoms with Crippen LogP contribution in [0.1, 0.15) is 12.0 Å². The van der Waals surface area contributed by atoms with E-state index in [-0.39, 0.29) is 0 Å². The third-order valence-electron chi connectivity index (χ3n) is 2.34. The summed E-state index contributed by atoms with van der Waals surface area (Å²) >= 11 is 0. The summed E-state index contributed by atoms with van der Waals surface area (Å²) in [6.07, 6.45) is -5.95. The van der Waals surface area contributed by atoms with Crippen LogP contribution in [-0.2, 0) is 16.6 Å². The summed E-state index contributed by atoms with van der Waals surface area (Å²) in [5.41, 5.74) is 4.43. The Bertz CT molecular complexity index is 586. The van der Waals surface area contributed by atoms with Crippen LogP contribution in [-0.4, -0.2) is 21.1 Å². The molecule has 1 rings (SSSR count). The highest BCUT2D eigenvalue weighted by Gasteiger charge is 2.29. The van der Waals surface area contributed by atoms with Crippen LogP contribution in [0.4, 0.5) is 22.0 Å². The summed E-state index contributed by atoms with van der Waals surface area (Å²) in [6, 6.07) is 1.31. The summed E-state index contributed by atoms with van der Waals surface area (Å²) < 4.78 is 87.5. The van der Waals surface area contributed by atoms with Crippen LogP contribution < -0.4 is 10.5 Å². The van der Waals surface area contributed by atoms with E-state index in [2.05, 4.69) is 0 Å². The molecule has 0 unspecified atom stereocenters. The van der Waals surface area contributed by atoms with Crippen LogP contribution in [0.2, 0.25) is 0 Å². The minimum Gasteiger partial charge on any atom is -0.326 e. The number of alkyl halides is 3. The van der Waals surface area contributed by atoms with Crippen LogP contribution in [0.25, 0.3) is 0 Å². The van der Waals surface area contributed by atoms with Crippen molar-refractivity contribution in [3.05, 3.63) is 29.3 Å². The molecule has 0 fully saturated rings. The summed E-state index contributed by atoms with van der Waals surface area (Å²) in [5, 5.41) is 0. The molecule has 10 heteroatoms. The van der Waals surface area contributed by atoms with Crippen molar-refractivity contribution in [1.29, 1.82) is 0 Å². The number of hydrogen-bond donors (Lipinski definition) is 2. The van der Waals surface area contributed by atoms with Crippen LogP contribution in [0, 0.1) is 11.6 Å². The van der Waals surface area contributed by atoms with Gasteiger partial charge in [0.05, 0.1) is 6.42 Å². The monoisotopic (exact) mass is 318 g/mol. The molecule has 20 heavy (non-hydrogen) atoms. The molecule has 0 aliphatic heterocycles. The van der Waals surface area contributed by atoms with Crippen molar-refractivity contribution in [2.45, 2.75) is 24.0 Å². The van der Waals surface area contributed by atoms with E-state index in [1.807, 2.05) is 0 Å². The molecule has 3 N–H and O–H groups in total. The minimum absolute atomic E-state index is 0.580. The molecule has 0 heterocycles. The average molecular weight is 318 g/mol. The molecule has 114 valence electrons. The topological polar surface area (TPSA) is 72.2 Å². The first-order valence-electron chi connectivity index (χ1n) is 5.32. The standard InChI is InChI=1S/C10H11F5N2O2S/c11-7-1-2-8(9(12)6(7)5-16)20(18,19)17-4-3-10(13,14)15/h1-2,17H,3-5,16H2. The van der Waals surface area contributed by atoms with Gasteiger partial charge in [0.25, 0.3) is 0 Å². The number of halogens is 5. The maximum atomic E-state index is 13.7. The molecule has 0 aliphatic carbocycles. The lowest BCUT2D eigenvalue weighted by atomic mass is 10.2. The number of benzene rings is 1. The van der Waals surface area contributed by atoms with Gasteiger partial charge in [-0.2, -0.15) is 13.2 Å². The molecule has 0 spiro atoms. The zero-order valence-corrected chi connectivity index (χ0v) is 10.8. The molecule has 0 amide bonds. The second kappa shape index (κ2) is 6.02.